The van der Waals surface area contributed by atoms with Gasteiger partial charge in [0.1, 0.15) is 0 Å². The monoisotopic (exact) mass is 478 g/mol. The number of rotatable bonds is 5. The standard InChI is InChI=1S/C17H24N3.Pb/c1-12(2)15-7-6-8-16(13(3)4)17(15)18-11-14-9-10-20(5)19-14;/h6-13,18H,1-5H3;. The molecule has 1 unspecified atom stereocenters. The van der Waals surface area contributed by atoms with Gasteiger partial charge in [-0.2, -0.15) is 0 Å². The molecule has 0 saturated heterocycles. The third-order valence-electron chi connectivity index (χ3n) is 3.69. The zero-order chi connectivity index (χ0) is 15.6. The molecule has 2 rings (SSSR count). The molecule has 1 N–H and O–H groups in total. The molecule has 0 aliphatic rings. The molecule has 4 heteroatoms. The van der Waals surface area contributed by atoms with Crippen LogP contribution in [0.5, 0.6) is 0 Å². The molecule has 111 valence electrons. The van der Waals surface area contributed by atoms with Gasteiger partial charge in [0.15, 0.2) is 0 Å². The summed E-state index contributed by atoms with van der Waals surface area (Å²) in [6.07, 6.45) is 2.01. The molecule has 1 atom stereocenters. The zero-order valence-electron chi connectivity index (χ0n) is 13.5. The van der Waals surface area contributed by atoms with E-state index in [9.17, 15) is 0 Å². The molecule has 21 heavy (non-hydrogen) atoms. The summed E-state index contributed by atoms with van der Waals surface area (Å²) in [7, 11) is 1.97. The maximum absolute atomic E-state index is 4.54. The summed E-state index contributed by atoms with van der Waals surface area (Å²) in [5.41, 5.74) is 5.25. The van der Waals surface area contributed by atoms with Crippen LogP contribution in [0, 0.1) is 0 Å². The van der Waals surface area contributed by atoms with Crippen LogP contribution in [0.25, 0.3) is 0 Å². The van der Waals surface area contributed by atoms with Gasteiger partial charge in [-0.25, -0.2) is 0 Å². The van der Waals surface area contributed by atoms with Crippen molar-refractivity contribution in [1.82, 2.24) is 9.78 Å². The van der Waals surface area contributed by atoms with Crippen molar-refractivity contribution in [1.29, 1.82) is 0 Å². The summed E-state index contributed by atoms with van der Waals surface area (Å²) in [6.45, 7) is 9.03. The molecule has 1 aromatic carbocycles. The van der Waals surface area contributed by atoms with Gasteiger partial charge < -0.3 is 0 Å². The molecule has 0 spiro atoms. The van der Waals surface area contributed by atoms with Gasteiger partial charge in [-0.3, -0.25) is 0 Å². The molecular formula is C17H24N3Pb. The second-order valence-corrected chi connectivity index (χ2v) is 8.36. The van der Waals surface area contributed by atoms with Crippen LogP contribution >= 0.6 is 0 Å². The molecule has 0 aliphatic heterocycles. The maximum atomic E-state index is 4.54. The fourth-order valence-corrected chi connectivity index (χ4v) is 3.68. The van der Waals surface area contributed by atoms with Crippen molar-refractivity contribution < 1.29 is 0 Å². The van der Waals surface area contributed by atoms with Crippen LogP contribution in [-0.4, -0.2) is 35.5 Å². The van der Waals surface area contributed by atoms with E-state index < -0.39 is 0 Å². The molecular weight excluding hydrogens is 453 g/mol. The van der Waals surface area contributed by atoms with Crippen LogP contribution in [0.4, 0.5) is 5.69 Å². The molecule has 0 amide bonds. The number of aromatic nitrogens is 2. The van der Waals surface area contributed by atoms with Crippen LogP contribution in [0.1, 0.15) is 60.0 Å². The van der Waals surface area contributed by atoms with Gasteiger partial charge in [-0.15, -0.1) is 0 Å². The summed E-state index contributed by atoms with van der Waals surface area (Å²) >= 11 is 1.03. The molecule has 2 aromatic rings. The minimum atomic E-state index is 0.337. The molecule has 1 heterocycles. The minimum absolute atomic E-state index is 0.337. The van der Waals surface area contributed by atoms with E-state index >= 15 is 0 Å². The number of hydrogen-bond acceptors (Lipinski definition) is 2. The Labute approximate surface area is 143 Å². The summed E-state index contributed by atoms with van der Waals surface area (Å²) in [4.78, 5) is 0. The van der Waals surface area contributed by atoms with Crippen molar-refractivity contribution in [2.75, 3.05) is 5.32 Å². The van der Waals surface area contributed by atoms with Crippen molar-refractivity contribution in [3.8, 4) is 0 Å². The van der Waals surface area contributed by atoms with Crippen LogP contribution in [0.15, 0.2) is 30.5 Å². The molecule has 0 saturated carbocycles. The number of nitrogens with one attached hydrogen (secondary N) is 1. The van der Waals surface area contributed by atoms with Crippen LogP contribution < -0.4 is 5.32 Å². The second kappa shape index (κ2) is 6.94. The molecule has 3 nitrogen and oxygen atoms in total. The Kier molecular flexibility index (Phi) is 5.46. The van der Waals surface area contributed by atoms with Gasteiger partial charge in [0.25, 0.3) is 0 Å². The number of benzene rings is 1. The molecule has 0 bridgehead atoms. The van der Waals surface area contributed by atoms with Gasteiger partial charge in [0.05, 0.1) is 0 Å². The topological polar surface area (TPSA) is 29.9 Å². The van der Waals surface area contributed by atoms with E-state index in [-0.39, 0.29) is 0 Å². The van der Waals surface area contributed by atoms with E-state index in [1.54, 1.807) is 0 Å². The first-order valence-electron chi connectivity index (χ1n) is 7.50. The normalized spacial score (nSPS) is 13.0. The van der Waals surface area contributed by atoms with E-state index in [1.807, 2.05) is 17.9 Å². The molecule has 1 aromatic heterocycles. The Morgan fingerprint density at radius 3 is 2.05 bits per heavy atom. The molecule has 3 radical (unpaired) electrons. The number of aryl methyl sites for hydroxylation is 1. The first kappa shape index (κ1) is 16.5. The Balaban J connectivity index is 2.37. The average Bonchev–Trinajstić information content (AvgIpc) is 2.85. The Bertz CT molecular complexity index is 576. The van der Waals surface area contributed by atoms with E-state index in [2.05, 4.69) is 62.4 Å². The number of para-hydroxylation sites is 1. The summed E-state index contributed by atoms with van der Waals surface area (Å²) in [5.74, 6) is 1.03. The zero-order valence-corrected chi connectivity index (χ0v) is 17.4. The third-order valence-corrected chi connectivity index (χ3v) is 5.40. The number of anilines is 1. The van der Waals surface area contributed by atoms with E-state index in [0.29, 0.717) is 15.4 Å². The van der Waals surface area contributed by atoms with E-state index in [4.69, 9.17) is 0 Å². The predicted octanol–water partition coefficient (Wildman–Crippen LogP) is 3.95. The van der Waals surface area contributed by atoms with Crippen LogP contribution in [0.3, 0.4) is 0 Å². The van der Waals surface area contributed by atoms with Crippen molar-refractivity contribution >= 4 is 31.5 Å². The van der Waals surface area contributed by atoms with Crippen LogP contribution in [0.2, 0.25) is 0 Å². The Morgan fingerprint density at radius 1 is 1.05 bits per heavy atom. The SMILES string of the molecule is CC(C)c1cccc(C(C)C)c1N[CH]([Pb])c1ccn(C)n1. The van der Waals surface area contributed by atoms with Gasteiger partial charge >= 0.3 is 144 Å². The van der Waals surface area contributed by atoms with Gasteiger partial charge in [-0.05, 0) is 0 Å². The van der Waals surface area contributed by atoms with Crippen molar-refractivity contribution in [2.24, 2.45) is 7.05 Å². The fraction of sp³-hybridized carbons (Fsp3) is 0.471. The quantitative estimate of drug-likeness (QED) is 0.661. The number of nitrogens with zero attached hydrogens (tertiary/aromatic N) is 2. The summed E-state index contributed by atoms with van der Waals surface area (Å²) < 4.78 is 2.21. The van der Waals surface area contributed by atoms with Gasteiger partial charge in [0, 0.05) is 0 Å². The van der Waals surface area contributed by atoms with Crippen molar-refractivity contribution in [3.63, 3.8) is 0 Å². The third kappa shape index (κ3) is 3.87. The molecule has 0 fully saturated rings. The first-order valence-corrected chi connectivity index (χ1v) is 9.74. The molecule has 0 aliphatic carbocycles. The van der Waals surface area contributed by atoms with E-state index in [0.717, 1.165) is 31.5 Å². The summed E-state index contributed by atoms with van der Waals surface area (Å²) in [5, 5.41) is 8.30. The Morgan fingerprint density at radius 2 is 1.62 bits per heavy atom. The van der Waals surface area contributed by atoms with Crippen molar-refractivity contribution in [2.45, 2.75) is 43.1 Å². The average molecular weight is 478 g/mol. The Hall–Kier alpha value is -0.848. The van der Waals surface area contributed by atoms with Gasteiger partial charge in [0.2, 0.25) is 0 Å². The second-order valence-electron chi connectivity index (χ2n) is 6.11. The fourth-order valence-electron chi connectivity index (χ4n) is 2.52. The summed E-state index contributed by atoms with van der Waals surface area (Å²) in [6, 6.07) is 8.77. The predicted molar refractivity (Wildman–Crippen MR) is 89.9 cm³/mol. The number of hydrogen-bond donors (Lipinski definition) is 1. The van der Waals surface area contributed by atoms with E-state index in [1.165, 1.54) is 16.8 Å². The van der Waals surface area contributed by atoms with Crippen molar-refractivity contribution in [3.05, 3.63) is 47.3 Å². The van der Waals surface area contributed by atoms with Crippen LogP contribution in [-0.2, 0) is 7.05 Å². The first-order chi connectivity index (χ1) is 9.90. The van der Waals surface area contributed by atoms with Gasteiger partial charge in [-0.1, -0.05) is 0 Å².